The van der Waals surface area contributed by atoms with Gasteiger partial charge in [0, 0.05) is 38.8 Å². The number of hydrogen-bond donors (Lipinski definition) is 0. The largest absolute Gasteiger partial charge is 0.466 e. The van der Waals surface area contributed by atoms with Gasteiger partial charge in [-0.25, -0.2) is 0 Å². The lowest BCUT2D eigenvalue weighted by Gasteiger charge is -2.46. The topological polar surface area (TPSA) is 88.8 Å². The van der Waals surface area contributed by atoms with E-state index in [2.05, 4.69) is 65.7 Å². The number of ether oxygens (including phenoxy) is 1. The van der Waals surface area contributed by atoms with Crippen molar-refractivity contribution in [2.75, 3.05) is 56.6 Å². The van der Waals surface area contributed by atoms with Crippen LogP contribution in [0.3, 0.4) is 0 Å². The number of nitriles is 1. The number of amides is 1. The number of benzene rings is 1. The first kappa shape index (κ1) is 25.6. The molecular formula is C30H37N7O2. The molecule has 4 aliphatic rings. The smallest absolute Gasteiger partial charge is 0.246 e. The van der Waals surface area contributed by atoms with Crippen molar-refractivity contribution in [1.29, 1.82) is 5.26 Å². The highest BCUT2D eigenvalue weighted by Gasteiger charge is 2.44. The van der Waals surface area contributed by atoms with Gasteiger partial charge in [-0.05, 0) is 63.4 Å². The fourth-order valence-electron chi connectivity index (χ4n) is 6.64. The molecule has 6 rings (SSSR count). The van der Waals surface area contributed by atoms with Crippen LogP contribution in [0.4, 0.5) is 11.8 Å². The van der Waals surface area contributed by atoms with Crippen molar-refractivity contribution in [3.05, 3.63) is 53.6 Å². The molecule has 2 aromatic rings. The predicted octanol–water partition coefficient (Wildman–Crippen LogP) is 2.90. The number of aryl methyl sites for hydroxylation is 1. The van der Waals surface area contributed by atoms with Gasteiger partial charge in [0.25, 0.3) is 0 Å². The van der Waals surface area contributed by atoms with Crippen LogP contribution in [0, 0.1) is 11.3 Å². The number of aromatic nitrogens is 2. The molecule has 3 aliphatic heterocycles. The summed E-state index contributed by atoms with van der Waals surface area (Å²) in [5, 5.41) is 9.50. The molecular weight excluding hydrogens is 490 g/mol. The van der Waals surface area contributed by atoms with E-state index in [4.69, 9.17) is 14.7 Å². The van der Waals surface area contributed by atoms with Crippen LogP contribution in [0.5, 0.6) is 5.88 Å². The molecule has 39 heavy (non-hydrogen) atoms. The Balaban J connectivity index is 1.37. The zero-order valence-electron chi connectivity index (χ0n) is 23.0. The van der Waals surface area contributed by atoms with E-state index in [0.717, 1.165) is 56.6 Å². The Morgan fingerprint density at radius 3 is 2.77 bits per heavy atom. The summed E-state index contributed by atoms with van der Waals surface area (Å²) in [6.45, 7) is 7.11. The van der Waals surface area contributed by atoms with Crippen LogP contribution in [0.2, 0.25) is 0 Å². The van der Waals surface area contributed by atoms with E-state index in [0.29, 0.717) is 37.5 Å². The molecule has 2 fully saturated rings. The molecule has 1 unspecified atom stereocenters. The molecule has 2 saturated heterocycles. The number of hydrogen-bond acceptors (Lipinski definition) is 8. The Hall–Kier alpha value is -3.64. The Labute approximate surface area is 230 Å². The lowest BCUT2D eigenvalue weighted by molar-refractivity contribution is -0.128. The molecule has 1 aliphatic carbocycles. The van der Waals surface area contributed by atoms with Crippen LogP contribution in [0.15, 0.2) is 36.9 Å². The Morgan fingerprint density at radius 2 is 2.00 bits per heavy atom. The maximum Gasteiger partial charge on any atom is 0.246 e. The lowest BCUT2D eigenvalue weighted by Crippen LogP contribution is -2.58. The number of carbonyl (C=O) groups is 1. The molecule has 1 aromatic heterocycles. The summed E-state index contributed by atoms with van der Waals surface area (Å²) in [7, 11) is 4.21. The molecule has 0 radical (unpaired) electrons. The summed E-state index contributed by atoms with van der Waals surface area (Å²) in [4.78, 5) is 31.1. The third kappa shape index (κ3) is 4.51. The minimum absolute atomic E-state index is 0.128. The first-order chi connectivity index (χ1) is 18.9. The minimum atomic E-state index is -0.357. The third-order valence-electron chi connectivity index (χ3n) is 8.98. The van der Waals surface area contributed by atoms with Gasteiger partial charge in [0.1, 0.15) is 11.4 Å². The fourth-order valence-corrected chi connectivity index (χ4v) is 6.64. The average Bonchev–Trinajstić information content (AvgIpc) is 2.91. The average molecular weight is 528 g/mol. The van der Waals surface area contributed by atoms with Gasteiger partial charge in [0.05, 0.1) is 24.1 Å². The zero-order chi connectivity index (χ0) is 27.1. The highest BCUT2D eigenvalue weighted by atomic mass is 16.5. The first-order valence-corrected chi connectivity index (χ1v) is 14.1. The van der Waals surface area contributed by atoms with Gasteiger partial charge in [0.2, 0.25) is 17.7 Å². The lowest BCUT2D eigenvalue weighted by atomic mass is 9.75. The fraction of sp³-hybridized carbons (Fsp3) is 0.533. The molecule has 9 nitrogen and oxygen atoms in total. The Bertz CT molecular complexity index is 1310. The first-order valence-electron chi connectivity index (χ1n) is 14.1. The highest BCUT2D eigenvalue weighted by Crippen LogP contribution is 2.48. The summed E-state index contributed by atoms with van der Waals surface area (Å²) in [6, 6.07) is 11.2. The minimum Gasteiger partial charge on any atom is -0.466 e. The monoisotopic (exact) mass is 527 g/mol. The second-order valence-electron chi connectivity index (χ2n) is 11.5. The number of carbonyl (C=O) groups excluding carboxylic acids is 1. The summed E-state index contributed by atoms with van der Waals surface area (Å²) in [5.74, 6) is 2.14. The molecule has 0 saturated carbocycles. The van der Waals surface area contributed by atoms with E-state index in [1.807, 2.05) is 0 Å². The van der Waals surface area contributed by atoms with Gasteiger partial charge in [-0.2, -0.15) is 15.2 Å². The predicted molar refractivity (Wildman–Crippen MR) is 150 cm³/mol. The van der Waals surface area contributed by atoms with Crippen LogP contribution in [0.25, 0.3) is 0 Å². The number of anilines is 2. The van der Waals surface area contributed by atoms with Crippen molar-refractivity contribution in [2.45, 2.75) is 56.2 Å². The van der Waals surface area contributed by atoms with Gasteiger partial charge in [-0.15, -0.1) is 0 Å². The summed E-state index contributed by atoms with van der Waals surface area (Å²) in [5.41, 5.74) is 3.35. The van der Waals surface area contributed by atoms with Crippen molar-refractivity contribution in [3.63, 3.8) is 0 Å². The number of piperazine rings is 1. The van der Waals surface area contributed by atoms with Crippen LogP contribution in [-0.4, -0.2) is 84.6 Å². The van der Waals surface area contributed by atoms with E-state index >= 15 is 0 Å². The SMILES string of the molecule is C=CC(=O)N1CCN(c2nc(N3CC(N(C)C)C3)nc3c2CCC2(CCCc4ccccc42)O3)C[C@@H]1CC#N. The van der Waals surface area contributed by atoms with E-state index in [1.54, 1.807) is 4.90 Å². The van der Waals surface area contributed by atoms with Crippen molar-refractivity contribution in [1.82, 2.24) is 19.8 Å². The van der Waals surface area contributed by atoms with Gasteiger partial charge < -0.3 is 24.3 Å². The van der Waals surface area contributed by atoms with E-state index in [1.165, 1.54) is 17.2 Å². The van der Waals surface area contributed by atoms with Crippen molar-refractivity contribution in [2.24, 2.45) is 0 Å². The second-order valence-corrected chi connectivity index (χ2v) is 11.5. The molecule has 4 heterocycles. The molecule has 2 atom stereocenters. The van der Waals surface area contributed by atoms with Gasteiger partial charge in [-0.3, -0.25) is 4.79 Å². The summed E-state index contributed by atoms with van der Waals surface area (Å²) < 4.78 is 6.96. The second kappa shape index (κ2) is 10.2. The number of rotatable bonds is 5. The standard InChI is InChI=1S/C30H37N7O2/c1-4-26(38)37-17-16-35(18-22(37)12-15-31)27-24-11-14-30(13-7-9-21-8-5-6-10-25(21)30)39-28(24)33-29(32-27)36-19-23(20-36)34(2)3/h4-6,8,10,22-23H,1,7,9,11-14,16-20H2,2-3H3/t22-,30?/m0/s1. The van der Waals surface area contributed by atoms with Gasteiger partial charge in [-0.1, -0.05) is 30.8 Å². The maximum absolute atomic E-state index is 12.5. The maximum atomic E-state index is 12.5. The van der Waals surface area contributed by atoms with E-state index in [9.17, 15) is 10.1 Å². The third-order valence-corrected chi connectivity index (χ3v) is 8.98. The van der Waals surface area contributed by atoms with Crippen LogP contribution in [0.1, 0.15) is 42.4 Å². The van der Waals surface area contributed by atoms with Crippen molar-refractivity contribution < 1.29 is 9.53 Å². The molecule has 1 aromatic carbocycles. The number of nitrogens with zero attached hydrogens (tertiary/aromatic N) is 7. The summed E-state index contributed by atoms with van der Waals surface area (Å²) in [6.07, 6.45) is 6.49. The molecule has 9 heteroatoms. The molecule has 1 amide bonds. The number of fused-ring (bicyclic) bond motifs is 3. The van der Waals surface area contributed by atoms with E-state index in [-0.39, 0.29) is 24.0 Å². The Morgan fingerprint density at radius 1 is 1.18 bits per heavy atom. The normalized spacial score (nSPS) is 24.5. The van der Waals surface area contributed by atoms with Crippen molar-refractivity contribution >= 4 is 17.7 Å². The molecule has 204 valence electrons. The van der Waals surface area contributed by atoms with Gasteiger partial charge >= 0.3 is 0 Å². The van der Waals surface area contributed by atoms with Crippen LogP contribution < -0.4 is 14.5 Å². The van der Waals surface area contributed by atoms with Gasteiger partial charge in [0.15, 0.2) is 0 Å². The zero-order valence-corrected chi connectivity index (χ0v) is 23.0. The van der Waals surface area contributed by atoms with E-state index < -0.39 is 0 Å². The quantitative estimate of drug-likeness (QED) is 0.549. The molecule has 1 spiro atoms. The van der Waals surface area contributed by atoms with Crippen molar-refractivity contribution in [3.8, 4) is 11.9 Å². The van der Waals surface area contributed by atoms with Crippen LogP contribution in [-0.2, 0) is 23.2 Å². The molecule has 0 N–H and O–H groups in total. The van der Waals surface area contributed by atoms with Crippen LogP contribution >= 0.6 is 0 Å². The molecule has 0 bridgehead atoms. The summed E-state index contributed by atoms with van der Waals surface area (Å²) >= 11 is 0. The Kier molecular flexibility index (Phi) is 6.67. The number of likely N-dealkylation sites (N-methyl/N-ethyl adjacent to an activating group) is 1. The highest BCUT2D eigenvalue weighted by molar-refractivity contribution is 5.87.